The van der Waals surface area contributed by atoms with Gasteiger partial charge >= 0.3 is 6.03 Å². The van der Waals surface area contributed by atoms with E-state index in [1.807, 2.05) is 44.2 Å². The predicted molar refractivity (Wildman–Crippen MR) is 112 cm³/mol. The van der Waals surface area contributed by atoms with Crippen LogP contribution in [0, 0.1) is 5.92 Å². The van der Waals surface area contributed by atoms with E-state index >= 15 is 0 Å². The van der Waals surface area contributed by atoms with E-state index in [0.29, 0.717) is 18.5 Å². The Kier molecular flexibility index (Phi) is 8.83. The first-order valence-electron chi connectivity index (χ1n) is 9.78. The molecule has 0 saturated carbocycles. The zero-order valence-electron chi connectivity index (χ0n) is 17.1. The van der Waals surface area contributed by atoms with Gasteiger partial charge in [0, 0.05) is 6.54 Å². The van der Waals surface area contributed by atoms with Crippen LogP contribution >= 0.6 is 0 Å². The molecular formula is C22H28N4O4. The van der Waals surface area contributed by atoms with Gasteiger partial charge < -0.3 is 16.0 Å². The van der Waals surface area contributed by atoms with Crippen LogP contribution in [0.1, 0.15) is 37.4 Å². The fraction of sp³-hybridized carbons (Fsp3) is 0.318. The first-order chi connectivity index (χ1) is 14.4. The second-order valence-electron chi connectivity index (χ2n) is 7.32. The SMILES string of the molecule is CC(C)CC(NC(=O)NCc1ccccc1)C(=O)NC(C(=O)NO)c1ccccc1. The molecule has 8 heteroatoms. The van der Waals surface area contributed by atoms with Crippen LogP contribution in [-0.4, -0.2) is 29.1 Å². The molecule has 0 bridgehead atoms. The Balaban J connectivity index is 2.05. The van der Waals surface area contributed by atoms with Gasteiger partial charge in [0.1, 0.15) is 12.1 Å². The maximum atomic E-state index is 12.9. The summed E-state index contributed by atoms with van der Waals surface area (Å²) in [6, 6.07) is 15.5. The molecule has 0 aliphatic carbocycles. The lowest BCUT2D eigenvalue weighted by Gasteiger charge is -2.24. The van der Waals surface area contributed by atoms with Crippen molar-refractivity contribution >= 4 is 17.8 Å². The standard InChI is InChI=1S/C22H28N4O4/c1-15(2)13-18(24-22(29)23-14-16-9-5-3-6-10-16)20(27)25-19(21(28)26-30)17-11-7-4-8-12-17/h3-12,15,18-19,30H,13-14H2,1-2H3,(H,25,27)(H,26,28)(H2,23,24,29). The number of carbonyl (C=O) groups is 3. The third kappa shape index (κ3) is 7.21. The van der Waals surface area contributed by atoms with Crippen molar-refractivity contribution < 1.29 is 19.6 Å². The van der Waals surface area contributed by atoms with Crippen LogP contribution in [0.3, 0.4) is 0 Å². The molecule has 0 aliphatic heterocycles. The number of hydrogen-bond acceptors (Lipinski definition) is 4. The second-order valence-corrected chi connectivity index (χ2v) is 7.32. The zero-order valence-corrected chi connectivity index (χ0v) is 17.1. The Labute approximate surface area is 176 Å². The van der Waals surface area contributed by atoms with Gasteiger partial charge in [-0.1, -0.05) is 74.5 Å². The lowest BCUT2D eigenvalue weighted by molar-refractivity contribution is -0.135. The van der Waals surface area contributed by atoms with E-state index in [4.69, 9.17) is 5.21 Å². The summed E-state index contributed by atoms with van der Waals surface area (Å²) in [5.41, 5.74) is 3.01. The molecule has 160 valence electrons. The summed E-state index contributed by atoms with van der Waals surface area (Å²) in [4.78, 5) is 37.3. The summed E-state index contributed by atoms with van der Waals surface area (Å²) in [5, 5.41) is 17.1. The highest BCUT2D eigenvalue weighted by molar-refractivity contribution is 5.92. The molecule has 0 fully saturated rings. The fourth-order valence-corrected chi connectivity index (χ4v) is 2.94. The topological polar surface area (TPSA) is 120 Å². The molecule has 2 rings (SSSR count). The van der Waals surface area contributed by atoms with Crippen molar-refractivity contribution in [3.63, 3.8) is 0 Å². The lowest BCUT2D eigenvalue weighted by Crippen LogP contribution is -2.52. The van der Waals surface area contributed by atoms with Crippen molar-refractivity contribution in [3.05, 3.63) is 71.8 Å². The number of benzene rings is 2. The molecule has 2 unspecified atom stereocenters. The van der Waals surface area contributed by atoms with Crippen molar-refractivity contribution in [1.29, 1.82) is 0 Å². The van der Waals surface area contributed by atoms with Crippen LogP contribution in [0.4, 0.5) is 4.79 Å². The third-order valence-corrected chi connectivity index (χ3v) is 4.42. The summed E-state index contributed by atoms with van der Waals surface area (Å²) >= 11 is 0. The molecule has 0 aromatic heterocycles. The number of hydrogen-bond donors (Lipinski definition) is 5. The van der Waals surface area contributed by atoms with Gasteiger partial charge in [0.25, 0.3) is 5.91 Å². The zero-order chi connectivity index (χ0) is 21.9. The van der Waals surface area contributed by atoms with Crippen LogP contribution in [0.25, 0.3) is 0 Å². The first kappa shape index (κ1) is 22.9. The Morgan fingerprint density at radius 1 is 0.867 bits per heavy atom. The van der Waals surface area contributed by atoms with Gasteiger partial charge in [-0.05, 0) is 23.5 Å². The van der Waals surface area contributed by atoms with Gasteiger partial charge in [0.15, 0.2) is 0 Å². The number of rotatable bonds is 9. The van der Waals surface area contributed by atoms with Gasteiger partial charge in [-0.2, -0.15) is 0 Å². The van der Waals surface area contributed by atoms with Gasteiger partial charge in [-0.25, -0.2) is 10.3 Å². The van der Waals surface area contributed by atoms with E-state index < -0.39 is 29.9 Å². The summed E-state index contributed by atoms with van der Waals surface area (Å²) in [6.07, 6.45) is 0.382. The molecule has 2 aromatic rings. The van der Waals surface area contributed by atoms with E-state index in [1.165, 1.54) is 0 Å². The summed E-state index contributed by atoms with van der Waals surface area (Å²) < 4.78 is 0. The second kappa shape index (κ2) is 11.6. The highest BCUT2D eigenvalue weighted by atomic mass is 16.5. The molecule has 30 heavy (non-hydrogen) atoms. The largest absolute Gasteiger partial charge is 0.339 e. The van der Waals surface area contributed by atoms with E-state index in [0.717, 1.165) is 5.56 Å². The molecule has 0 aliphatic rings. The molecule has 0 spiro atoms. The average Bonchev–Trinajstić information content (AvgIpc) is 2.76. The van der Waals surface area contributed by atoms with Gasteiger partial charge in [0.2, 0.25) is 5.91 Å². The minimum absolute atomic E-state index is 0.122. The number of amides is 4. The van der Waals surface area contributed by atoms with Crippen molar-refractivity contribution in [2.45, 2.75) is 38.9 Å². The highest BCUT2D eigenvalue weighted by Gasteiger charge is 2.28. The molecular weight excluding hydrogens is 384 g/mol. The van der Waals surface area contributed by atoms with Crippen LogP contribution in [0.5, 0.6) is 0 Å². The number of carbonyl (C=O) groups excluding carboxylic acids is 3. The smallest absolute Gasteiger partial charge is 0.315 e. The van der Waals surface area contributed by atoms with E-state index in [-0.39, 0.29) is 5.92 Å². The highest BCUT2D eigenvalue weighted by Crippen LogP contribution is 2.14. The lowest BCUT2D eigenvalue weighted by atomic mass is 10.0. The molecule has 2 atom stereocenters. The predicted octanol–water partition coefficient (Wildman–Crippen LogP) is 2.26. The van der Waals surface area contributed by atoms with Crippen molar-refractivity contribution in [1.82, 2.24) is 21.4 Å². The van der Waals surface area contributed by atoms with Crippen LogP contribution < -0.4 is 21.4 Å². The van der Waals surface area contributed by atoms with E-state index in [9.17, 15) is 14.4 Å². The number of nitrogens with one attached hydrogen (secondary N) is 4. The van der Waals surface area contributed by atoms with Crippen LogP contribution in [0.2, 0.25) is 0 Å². The molecule has 0 saturated heterocycles. The minimum Gasteiger partial charge on any atom is -0.339 e. The third-order valence-electron chi connectivity index (χ3n) is 4.42. The fourth-order valence-electron chi connectivity index (χ4n) is 2.94. The Hall–Kier alpha value is -3.39. The van der Waals surface area contributed by atoms with E-state index in [2.05, 4.69) is 16.0 Å². The maximum Gasteiger partial charge on any atom is 0.315 e. The molecule has 8 nitrogen and oxygen atoms in total. The summed E-state index contributed by atoms with van der Waals surface area (Å²) in [6.45, 7) is 4.18. The van der Waals surface area contributed by atoms with Crippen LogP contribution in [-0.2, 0) is 16.1 Å². The van der Waals surface area contributed by atoms with Crippen LogP contribution in [0.15, 0.2) is 60.7 Å². The van der Waals surface area contributed by atoms with Crippen molar-refractivity contribution in [3.8, 4) is 0 Å². The molecule has 4 amide bonds. The minimum atomic E-state index is -1.09. The summed E-state index contributed by atoms with van der Waals surface area (Å²) in [5.74, 6) is -1.17. The van der Waals surface area contributed by atoms with Crippen molar-refractivity contribution in [2.75, 3.05) is 0 Å². The van der Waals surface area contributed by atoms with E-state index in [1.54, 1.807) is 35.8 Å². The average molecular weight is 412 g/mol. The molecule has 2 aromatic carbocycles. The van der Waals surface area contributed by atoms with Gasteiger partial charge in [-0.3, -0.25) is 14.8 Å². The normalized spacial score (nSPS) is 12.5. The quantitative estimate of drug-likeness (QED) is 0.321. The molecule has 0 heterocycles. The monoisotopic (exact) mass is 412 g/mol. The Morgan fingerprint density at radius 2 is 1.47 bits per heavy atom. The van der Waals surface area contributed by atoms with Crippen molar-refractivity contribution in [2.24, 2.45) is 5.92 Å². The Morgan fingerprint density at radius 3 is 2.03 bits per heavy atom. The summed E-state index contributed by atoms with van der Waals surface area (Å²) in [7, 11) is 0. The van der Waals surface area contributed by atoms with Gasteiger partial charge in [0.05, 0.1) is 0 Å². The molecule has 0 radical (unpaired) electrons. The Bertz CT molecular complexity index is 828. The number of hydroxylamine groups is 1. The first-order valence-corrected chi connectivity index (χ1v) is 9.78. The molecule has 5 N–H and O–H groups in total. The number of urea groups is 1. The van der Waals surface area contributed by atoms with Gasteiger partial charge in [-0.15, -0.1) is 0 Å². The maximum absolute atomic E-state index is 12.9.